The van der Waals surface area contributed by atoms with Crippen molar-refractivity contribution in [2.45, 2.75) is 6.42 Å². The Morgan fingerprint density at radius 1 is 1.12 bits per heavy atom. The summed E-state index contributed by atoms with van der Waals surface area (Å²) < 4.78 is 10.5. The van der Waals surface area contributed by atoms with Crippen molar-refractivity contribution in [3.63, 3.8) is 0 Å². The Balaban J connectivity index is 1.31. The molecule has 1 N–H and O–H groups in total. The molecule has 9 heteroatoms. The lowest BCUT2D eigenvalue weighted by Gasteiger charge is -2.19. The number of methoxy groups -OCH3 is 2. The first-order valence-corrected chi connectivity index (χ1v) is 11.4. The lowest BCUT2D eigenvalue weighted by molar-refractivity contribution is -0.124. The minimum absolute atomic E-state index is 0.121. The normalized spacial score (nSPS) is 16.4. The zero-order chi connectivity index (χ0) is 23.4. The topological polar surface area (TPSA) is 88.2 Å². The lowest BCUT2D eigenvalue weighted by Crippen LogP contribution is -2.41. The van der Waals surface area contributed by atoms with Gasteiger partial charge in [-0.1, -0.05) is 24.3 Å². The molecule has 0 atom stereocenters. The highest BCUT2D eigenvalue weighted by atomic mass is 32.2. The number of carbonyl (C=O) groups excluding carboxylic acids is 3. The molecule has 2 aliphatic heterocycles. The van der Waals surface area contributed by atoms with Crippen molar-refractivity contribution >= 4 is 40.6 Å². The van der Waals surface area contributed by atoms with E-state index in [-0.39, 0.29) is 36.7 Å². The molecule has 2 heterocycles. The largest absolute Gasteiger partial charge is 0.493 e. The van der Waals surface area contributed by atoms with Crippen molar-refractivity contribution < 1.29 is 23.9 Å². The molecule has 1 fully saturated rings. The monoisotopic (exact) mass is 467 g/mol. The Labute approximate surface area is 196 Å². The first-order chi connectivity index (χ1) is 16.0. The average molecular weight is 468 g/mol. The molecule has 172 valence electrons. The Morgan fingerprint density at radius 2 is 1.91 bits per heavy atom. The van der Waals surface area contributed by atoms with Gasteiger partial charge in [0.05, 0.1) is 25.7 Å². The number of imide groups is 1. The number of hydrogen-bond donors (Lipinski definition) is 1. The Morgan fingerprint density at radius 3 is 2.70 bits per heavy atom. The molecular weight excluding hydrogens is 442 g/mol. The van der Waals surface area contributed by atoms with E-state index < -0.39 is 0 Å². The number of anilines is 1. The predicted molar refractivity (Wildman–Crippen MR) is 128 cm³/mol. The molecule has 0 unspecified atom stereocenters. The minimum atomic E-state index is -0.373. The van der Waals surface area contributed by atoms with Crippen molar-refractivity contribution in [1.29, 1.82) is 0 Å². The highest BCUT2D eigenvalue weighted by molar-refractivity contribution is 8.18. The summed E-state index contributed by atoms with van der Waals surface area (Å²) >= 11 is 0.883. The van der Waals surface area contributed by atoms with Crippen LogP contribution in [0.25, 0.3) is 6.08 Å². The van der Waals surface area contributed by atoms with Crippen LogP contribution in [0.3, 0.4) is 0 Å². The molecule has 1 saturated heterocycles. The summed E-state index contributed by atoms with van der Waals surface area (Å²) in [5, 5.41) is 2.46. The molecule has 2 aromatic carbocycles. The van der Waals surface area contributed by atoms with Crippen LogP contribution in [0.4, 0.5) is 10.5 Å². The average Bonchev–Trinajstić information content (AvgIpc) is 3.34. The Hall–Kier alpha value is -3.46. The maximum Gasteiger partial charge on any atom is 0.293 e. The van der Waals surface area contributed by atoms with E-state index in [1.54, 1.807) is 31.4 Å². The van der Waals surface area contributed by atoms with Gasteiger partial charge in [0.2, 0.25) is 5.91 Å². The van der Waals surface area contributed by atoms with Crippen molar-refractivity contribution in [3.8, 4) is 11.5 Å². The molecule has 33 heavy (non-hydrogen) atoms. The number of benzene rings is 2. The van der Waals surface area contributed by atoms with Gasteiger partial charge in [-0.2, -0.15) is 0 Å². The molecular formula is C24H25N3O5S. The molecule has 0 radical (unpaired) electrons. The first kappa shape index (κ1) is 22.7. The van der Waals surface area contributed by atoms with Crippen LogP contribution in [0.5, 0.6) is 11.5 Å². The number of nitrogens with one attached hydrogen (secondary N) is 1. The summed E-state index contributed by atoms with van der Waals surface area (Å²) in [5.41, 5.74) is 3.04. The van der Waals surface area contributed by atoms with Gasteiger partial charge in [-0.3, -0.25) is 19.3 Å². The predicted octanol–water partition coefficient (Wildman–Crippen LogP) is 2.92. The first-order valence-electron chi connectivity index (χ1n) is 10.6. The number of amides is 3. The van der Waals surface area contributed by atoms with E-state index in [9.17, 15) is 14.4 Å². The second-order valence-corrected chi connectivity index (χ2v) is 8.59. The summed E-state index contributed by atoms with van der Waals surface area (Å²) in [7, 11) is 3.08. The zero-order valence-corrected chi connectivity index (χ0v) is 19.3. The standard InChI is InChI=1S/C24H25N3O5S/c1-31-19-8-7-16(13-20(19)32-2)14-21-23(29)27(24(30)33-21)12-10-25-22(28)15-26-11-9-17-5-3-4-6-18(17)26/h3-8,13-14H,9-12,15H2,1-2H3,(H,25,28). The maximum absolute atomic E-state index is 12.7. The highest BCUT2D eigenvalue weighted by Crippen LogP contribution is 2.34. The van der Waals surface area contributed by atoms with Gasteiger partial charge in [0.25, 0.3) is 11.1 Å². The van der Waals surface area contributed by atoms with Gasteiger partial charge in [-0.25, -0.2) is 0 Å². The van der Waals surface area contributed by atoms with Gasteiger partial charge in [0.15, 0.2) is 11.5 Å². The van der Waals surface area contributed by atoms with E-state index in [4.69, 9.17) is 9.47 Å². The molecule has 0 bridgehead atoms. The summed E-state index contributed by atoms with van der Waals surface area (Å²) in [6, 6.07) is 13.3. The summed E-state index contributed by atoms with van der Waals surface area (Å²) in [5.74, 6) is 0.603. The molecule has 2 aliphatic rings. The van der Waals surface area contributed by atoms with Crippen LogP contribution in [-0.4, -0.2) is 62.4 Å². The fourth-order valence-electron chi connectivity index (χ4n) is 3.89. The number of thioether (sulfide) groups is 1. The van der Waals surface area contributed by atoms with Crippen LogP contribution >= 0.6 is 11.8 Å². The van der Waals surface area contributed by atoms with E-state index in [1.165, 1.54) is 12.7 Å². The summed E-state index contributed by atoms with van der Waals surface area (Å²) in [6.45, 7) is 1.38. The number of fused-ring (bicyclic) bond motifs is 1. The quantitative estimate of drug-likeness (QED) is 0.597. The van der Waals surface area contributed by atoms with Gasteiger partial charge < -0.3 is 19.7 Å². The zero-order valence-electron chi connectivity index (χ0n) is 18.5. The van der Waals surface area contributed by atoms with Crippen LogP contribution in [0.15, 0.2) is 47.4 Å². The number of carbonyl (C=O) groups is 3. The fourth-order valence-corrected chi connectivity index (χ4v) is 4.76. The highest BCUT2D eigenvalue weighted by Gasteiger charge is 2.34. The second kappa shape index (κ2) is 9.99. The van der Waals surface area contributed by atoms with Crippen molar-refractivity contribution in [3.05, 3.63) is 58.5 Å². The third kappa shape index (κ3) is 4.98. The number of rotatable bonds is 8. The maximum atomic E-state index is 12.7. The Kier molecular flexibility index (Phi) is 6.88. The third-order valence-corrected chi connectivity index (χ3v) is 6.46. The number of ether oxygens (including phenoxy) is 2. The van der Waals surface area contributed by atoms with Crippen LogP contribution < -0.4 is 19.7 Å². The van der Waals surface area contributed by atoms with Crippen LogP contribution in [0.1, 0.15) is 11.1 Å². The van der Waals surface area contributed by atoms with E-state index in [0.717, 1.165) is 40.9 Å². The van der Waals surface area contributed by atoms with E-state index >= 15 is 0 Å². The van der Waals surface area contributed by atoms with Gasteiger partial charge in [0.1, 0.15) is 0 Å². The number of nitrogens with zero attached hydrogens (tertiary/aromatic N) is 2. The molecule has 0 spiro atoms. The van der Waals surface area contributed by atoms with E-state index in [0.29, 0.717) is 16.4 Å². The molecule has 3 amide bonds. The third-order valence-electron chi connectivity index (χ3n) is 5.55. The Bertz CT molecular complexity index is 1120. The van der Waals surface area contributed by atoms with Gasteiger partial charge in [0, 0.05) is 25.3 Å². The van der Waals surface area contributed by atoms with Crippen molar-refractivity contribution in [2.75, 3.05) is 45.3 Å². The van der Waals surface area contributed by atoms with Crippen LogP contribution in [0.2, 0.25) is 0 Å². The summed E-state index contributed by atoms with van der Waals surface area (Å²) in [6.07, 6.45) is 2.57. The second-order valence-electron chi connectivity index (χ2n) is 7.60. The van der Waals surface area contributed by atoms with Crippen molar-refractivity contribution in [2.24, 2.45) is 0 Å². The van der Waals surface area contributed by atoms with Crippen molar-refractivity contribution in [1.82, 2.24) is 10.2 Å². The molecule has 0 aliphatic carbocycles. The van der Waals surface area contributed by atoms with E-state index in [2.05, 4.69) is 11.4 Å². The van der Waals surface area contributed by atoms with Crippen LogP contribution in [-0.2, 0) is 16.0 Å². The fraction of sp³-hybridized carbons (Fsp3) is 0.292. The van der Waals surface area contributed by atoms with Gasteiger partial charge in [-0.05, 0) is 53.6 Å². The van der Waals surface area contributed by atoms with Crippen LogP contribution in [0, 0.1) is 0 Å². The SMILES string of the molecule is COc1ccc(C=C2SC(=O)N(CCNC(=O)CN3CCc4ccccc43)C2=O)cc1OC. The number of para-hydroxylation sites is 1. The number of hydrogen-bond acceptors (Lipinski definition) is 7. The molecule has 4 rings (SSSR count). The van der Waals surface area contributed by atoms with Gasteiger partial charge >= 0.3 is 0 Å². The summed E-state index contributed by atoms with van der Waals surface area (Å²) in [4.78, 5) is 41.0. The smallest absolute Gasteiger partial charge is 0.293 e. The molecule has 8 nitrogen and oxygen atoms in total. The lowest BCUT2D eigenvalue weighted by atomic mass is 10.2. The van der Waals surface area contributed by atoms with E-state index in [1.807, 2.05) is 23.1 Å². The molecule has 0 saturated carbocycles. The molecule has 2 aromatic rings. The minimum Gasteiger partial charge on any atom is -0.493 e. The van der Waals surface area contributed by atoms with Gasteiger partial charge in [-0.15, -0.1) is 0 Å². The molecule has 0 aromatic heterocycles.